The topological polar surface area (TPSA) is 65.4 Å². The summed E-state index contributed by atoms with van der Waals surface area (Å²) in [5.41, 5.74) is 2.12. The molecule has 6 heteroatoms. The van der Waals surface area contributed by atoms with E-state index in [2.05, 4.69) is 10.4 Å². The number of nitrogens with zero attached hydrogens (tertiary/aromatic N) is 2. The summed E-state index contributed by atoms with van der Waals surface area (Å²) in [4.78, 5) is 12.4. The Kier molecular flexibility index (Phi) is 3.44. The molecule has 1 N–H and O–H groups in total. The van der Waals surface area contributed by atoms with Gasteiger partial charge in [0, 0.05) is 31.3 Å². The number of carbonyl (C=O) groups is 1. The van der Waals surface area contributed by atoms with Crippen LogP contribution in [0.25, 0.3) is 11.3 Å². The molecule has 1 aliphatic heterocycles. The zero-order chi connectivity index (χ0) is 15.8. The van der Waals surface area contributed by atoms with Crippen molar-refractivity contribution >= 4 is 5.91 Å². The quantitative estimate of drug-likeness (QED) is 0.943. The van der Waals surface area contributed by atoms with E-state index < -0.39 is 0 Å². The molecule has 0 bridgehead atoms. The molecule has 0 saturated heterocycles. The van der Waals surface area contributed by atoms with Crippen LogP contribution in [0.1, 0.15) is 29.6 Å². The third kappa shape index (κ3) is 2.88. The van der Waals surface area contributed by atoms with E-state index in [1.54, 1.807) is 10.9 Å². The molecule has 0 atom stereocenters. The number of nitrogens with one attached hydrogen (secondary N) is 1. The Morgan fingerprint density at radius 3 is 2.83 bits per heavy atom. The van der Waals surface area contributed by atoms with Gasteiger partial charge in [0.2, 0.25) is 0 Å². The van der Waals surface area contributed by atoms with Crippen molar-refractivity contribution in [1.82, 2.24) is 15.1 Å². The summed E-state index contributed by atoms with van der Waals surface area (Å²) >= 11 is 0. The minimum atomic E-state index is -0.0669. The van der Waals surface area contributed by atoms with Crippen LogP contribution in [0.4, 0.5) is 0 Å². The van der Waals surface area contributed by atoms with Gasteiger partial charge in [-0.25, -0.2) is 0 Å². The molecule has 0 spiro atoms. The van der Waals surface area contributed by atoms with E-state index in [0.717, 1.165) is 30.6 Å². The standard InChI is InChI=1S/C17H19N3O3/c1-20-10-13(17(21)18-12-4-5-12)16(19-20)11-3-6-14-15(9-11)23-8-2-7-22-14/h3,6,9-10,12H,2,4-5,7-8H2,1H3,(H,18,21). The molecule has 2 aromatic rings. The van der Waals surface area contributed by atoms with Crippen molar-refractivity contribution in [2.45, 2.75) is 25.3 Å². The Morgan fingerprint density at radius 1 is 1.26 bits per heavy atom. The van der Waals surface area contributed by atoms with Gasteiger partial charge in [0.15, 0.2) is 11.5 Å². The van der Waals surface area contributed by atoms with Crippen molar-refractivity contribution in [1.29, 1.82) is 0 Å². The molecule has 2 aliphatic rings. The lowest BCUT2D eigenvalue weighted by Gasteiger charge is -2.09. The molecule has 0 radical (unpaired) electrons. The largest absolute Gasteiger partial charge is 0.490 e. The van der Waals surface area contributed by atoms with E-state index in [0.29, 0.717) is 36.3 Å². The van der Waals surface area contributed by atoms with E-state index in [-0.39, 0.29) is 5.91 Å². The number of aromatic nitrogens is 2. The third-order valence-electron chi connectivity index (χ3n) is 4.01. The van der Waals surface area contributed by atoms with Crippen LogP contribution in [-0.4, -0.2) is 34.9 Å². The molecular formula is C17H19N3O3. The summed E-state index contributed by atoms with van der Waals surface area (Å²) in [7, 11) is 1.82. The van der Waals surface area contributed by atoms with Crippen molar-refractivity contribution in [2.24, 2.45) is 7.05 Å². The summed E-state index contributed by atoms with van der Waals surface area (Å²) in [6.07, 6.45) is 4.75. The van der Waals surface area contributed by atoms with Gasteiger partial charge >= 0.3 is 0 Å². The van der Waals surface area contributed by atoms with Gasteiger partial charge in [0.1, 0.15) is 5.69 Å². The van der Waals surface area contributed by atoms with Crippen LogP contribution < -0.4 is 14.8 Å². The van der Waals surface area contributed by atoms with Crippen molar-refractivity contribution in [3.8, 4) is 22.8 Å². The van der Waals surface area contributed by atoms with Crippen molar-refractivity contribution in [2.75, 3.05) is 13.2 Å². The van der Waals surface area contributed by atoms with Crippen molar-refractivity contribution in [3.63, 3.8) is 0 Å². The summed E-state index contributed by atoms with van der Waals surface area (Å²) in [5, 5.41) is 7.48. The average Bonchev–Trinajstić information content (AvgIpc) is 3.31. The van der Waals surface area contributed by atoms with Crippen LogP contribution in [0.2, 0.25) is 0 Å². The number of rotatable bonds is 3. The van der Waals surface area contributed by atoms with Gasteiger partial charge in [-0.1, -0.05) is 0 Å². The number of hydrogen-bond donors (Lipinski definition) is 1. The van der Waals surface area contributed by atoms with Crippen LogP contribution in [-0.2, 0) is 7.05 Å². The highest BCUT2D eigenvalue weighted by Crippen LogP contribution is 2.35. The number of fused-ring (bicyclic) bond motifs is 1. The molecule has 4 rings (SSSR count). The number of hydrogen-bond acceptors (Lipinski definition) is 4. The first kappa shape index (κ1) is 14.1. The van der Waals surface area contributed by atoms with Gasteiger partial charge < -0.3 is 14.8 Å². The predicted octanol–water partition coefficient (Wildman–Crippen LogP) is 2.14. The zero-order valence-electron chi connectivity index (χ0n) is 13.0. The van der Waals surface area contributed by atoms with Crippen LogP contribution in [0.15, 0.2) is 24.4 Å². The maximum Gasteiger partial charge on any atom is 0.255 e. The van der Waals surface area contributed by atoms with Crippen LogP contribution in [0.3, 0.4) is 0 Å². The second kappa shape index (κ2) is 5.61. The molecule has 1 amide bonds. The summed E-state index contributed by atoms with van der Waals surface area (Å²) in [6.45, 7) is 1.29. The molecule has 1 fully saturated rings. The molecular weight excluding hydrogens is 294 g/mol. The predicted molar refractivity (Wildman–Crippen MR) is 84.7 cm³/mol. The third-order valence-corrected chi connectivity index (χ3v) is 4.01. The summed E-state index contributed by atoms with van der Waals surface area (Å²) < 4.78 is 13.1. The van der Waals surface area contributed by atoms with Gasteiger partial charge in [0.05, 0.1) is 18.8 Å². The Morgan fingerprint density at radius 2 is 2.04 bits per heavy atom. The lowest BCUT2D eigenvalue weighted by atomic mass is 10.1. The molecule has 1 saturated carbocycles. The first-order chi connectivity index (χ1) is 11.2. The smallest absolute Gasteiger partial charge is 0.255 e. The Labute approximate surface area is 134 Å². The van der Waals surface area contributed by atoms with E-state index in [1.165, 1.54) is 0 Å². The SMILES string of the molecule is Cn1cc(C(=O)NC2CC2)c(-c2ccc3c(c2)OCCCO3)n1. The van der Waals surface area contributed by atoms with E-state index in [4.69, 9.17) is 9.47 Å². The summed E-state index contributed by atoms with van der Waals surface area (Å²) in [5.74, 6) is 1.38. The first-order valence-electron chi connectivity index (χ1n) is 7.95. The number of ether oxygens (including phenoxy) is 2. The highest BCUT2D eigenvalue weighted by Gasteiger charge is 2.26. The van der Waals surface area contributed by atoms with Gasteiger partial charge in [-0.15, -0.1) is 0 Å². The number of amides is 1. The van der Waals surface area contributed by atoms with Crippen LogP contribution >= 0.6 is 0 Å². The molecule has 2 heterocycles. The van der Waals surface area contributed by atoms with Gasteiger partial charge in [-0.05, 0) is 31.0 Å². The molecule has 0 unspecified atom stereocenters. The van der Waals surface area contributed by atoms with Gasteiger partial charge in [-0.3, -0.25) is 9.48 Å². The van der Waals surface area contributed by atoms with Crippen LogP contribution in [0, 0.1) is 0 Å². The fourth-order valence-electron chi connectivity index (χ4n) is 2.67. The second-order valence-electron chi connectivity index (χ2n) is 6.02. The molecule has 1 aromatic carbocycles. The van der Waals surface area contributed by atoms with Gasteiger partial charge in [0.25, 0.3) is 5.91 Å². The fraction of sp³-hybridized carbons (Fsp3) is 0.412. The fourth-order valence-corrected chi connectivity index (χ4v) is 2.67. The van der Waals surface area contributed by atoms with E-state index in [1.807, 2.05) is 25.2 Å². The average molecular weight is 313 g/mol. The minimum absolute atomic E-state index is 0.0669. The molecule has 23 heavy (non-hydrogen) atoms. The monoisotopic (exact) mass is 313 g/mol. The lowest BCUT2D eigenvalue weighted by molar-refractivity contribution is 0.0951. The zero-order valence-corrected chi connectivity index (χ0v) is 13.0. The van der Waals surface area contributed by atoms with Crippen molar-refractivity contribution in [3.05, 3.63) is 30.0 Å². The highest BCUT2D eigenvalue weighted by atomic mass is 16.5. The second-order valence-corrected chi connectivity index (χ2v) is 6.02. The lowest BCUT2D eigenvalue weighted by Crippen LogP contribution is -2.25. The highest BCUT2D eigenvalue weighted by molar-refractivity contribution is 6.00. The van der Waals surface area contributed by atoms with Gasteiger partial charge in [-0.2, -0.15) is 5.10 Å². The molecule has 120 valence electrons. The molecule has 6 nitrogen and oxygen atoms in total. The number of aryl methyl sites for hydroxylation is 1. The van der Waals surface area contributed by atoms with Crippen LogP contribution in [0.5, 0.6) is 11.5 Å². The Balaban J connectivity index is 1.69. The summed E-state index contributed by atoms with van der Waals surface area (Å²) in [6, 6.07) is 6.02. The maximum atomic E-state index is 12.4. The van der Waals surface area contributed by atoms with Crippen molar-refractivity contribution < 1.29 is 14.3 Å². The Hall–Kier alpha value is -2.50. The molecule has 1 aromatic heterocycles. The maximum absolute atomic E-state index is 12.4. The minimum Gasteiger partial charge on any atom is -0.490 e. The van der Waals surface area contributed by atoms with E-state index >= 15 is 0 Å². The molecule has 1 aliphatic carbocycles. The first-order valence-corrected chi connectivity index (χ1v) is 7.95. The normalized spacial score (nSPS) is 16.7. The Bertz CT molecular complexity index is 750. The number of carbonyl (C=O) groups excluding carboxylic acids is 1. The number of benzene rings is 1. The van der Waals surface area contributed by atoms with E-state index in [9.17, 15) is 4.79 Å².